The minimum atomic E-state index is -0.450. The number of phenols is 1. The quantitative estimate of drug-likeness (QED) is 0.557. The number of hydrogen-bond donors (Lipinski definition) is 1. The van der Waals surface area contributed by atoms with Crippen LogP contribution in [0.1, 0.15) is 0 Å². The van der Waals surface area contributed by atoms with E-state index in [4.69, 9.17) is 9.15 Å². The Labute approximate surface area is 146 Å². The van der Waals surface area contributed by atoms with E-state index in [0.29, 0.717) is 21.5 Å². The summed E-state index contributed by atoms with van der Waals surface area (Å²) >= 11 is 1.37. The molecule has 6 heteroatoms. The summed E-state index contributed by atoms with van der Waals surface area (Å²) in [4.78, 5) is 16.8. The van der Waals surface area contributed by atoms with Gasteiger partial charge in [0.2, 0.25) is 0 Å². The van der Waals surface area contributed by atoms with Crippen molar-refractivity contribution >= 4 is 22.3 Å². The van der Waals surface area contributed by atoms with E-state index in [2.05, 4.69) is 4.98 Å². The van der Waals surface area contributed by atoms with E-state index in [0.717, 1.165) is 17.0 Å². The van der Waals surface area contributed by atoms with Crippen LogP contribution in [0.4, 0.5) is 0 Å². The van der Waals surface area contributed by atoms with E-state index in [1.807, 2.05) is 29.6 Å². The molecule has 1 N–H and O–H groups in total. The summed E-state index contributed by atoms with van der Waals surface area (Å²) in [5, 5.41) is 12.7. The van der Waals surface area contributed by atoms with Crippen molar-refractivity contribution in [3.05, 3.63) is 64.3 Å². The first kappa shape index (κ1) is 15.4. The molecule has 4 aromatic rings. The van der Waals surface area contributed by atoms with Crippen molar-refractivity contribution in [3.8, 4) is 33.3 Å². The van der Waals surface area contributed by atoms with Gasteiger partial charge in [-0.15, -0.1) is 11.3 Å². The summed E-state index contributed by atoms with van der Waals surface area (Å²) in [6.45, 7) is 0. The fourth-order valence-corrected chi connectivity index (χ4v) is 3.38. The second-order valence-electron chi connectivity index (χ2n) is 5.44. The number of hydrogen-bond acceptors (Lipinski definition) is 6. The molecule has 5 nitrogen and oxygen atoms in total. The smallest absolute Gasteiger partial charge is 0.346 e. The predicted octanol–water partition coefficient (Wildman–Crippen LogP) is 4.30. The van der Waals surface area contributed by atoms with E-state index >= 15 is 0 Å². The van der Waals surface area contributed by atoms with E-state index in [-0.39, 0.29) is 5.75 Å². The van der Waals surface area contributed by atoms with Gasteiger partial charge < -0.3 is 14.3 Å². The molecule has 0 unspecified atom stereocenters. The largest absolute Gasteiger partial charge is 0.508 e. The molecule has 0 aliphatic rings. The summed E-state index contributed by atoms with van der Waals surface area (Å²) in [6, 6.07) is 13.9. The molecule has 2 aromatic carbocycles. The number of thiazole rings is 1. The lowest BCUT2D eigenvalue weighted by Crippen LogP contribution is -2.02. The molecule has 2 aromatic heterocycles. The molecule has 0 saturated heterocycles. The Hall–Kier alpha value is -3.12. The van der Waals surface area contributed by atoms with Crippen LogP contribution in [0.5, 0.6) is 11.5 Å². The number of phenolic OH excluding ortho intramolecular Hbond substituents is 1. The van der Waals surface area contributed by atoms with Gasteiger partial charge >= 0.3 is 5.63 Å². The van der Waals surface area contributed by atoms with Gasteiger partial charge in [0, 0.05) is 16.3 Å². The zero-order valence-corrected chi connectivity index (χ0v) is 14.0. The van der Waals surface area contributed by atoms with Crippen molar-refractivity contribution in [2.45, 2.75) is 0 Å². The molecule has 0 aliphatic heterocycles. The Bertz CT molecular complexity index is 1110. The average molecular weight is 351 g/mol. The van der Waals surface area contributed by atoms with Crippen LogP contribution in [0.25, 0.3) is 32.8 Å². The molecule has 25 heavy (non-hydrogen) atoms. The summed E-state index contributed by atoms with van der Waals surface area (Å²) in [5.41, 5.74) is 2.07. The van der Waals surface area contributed by atoms with Crippen LogP contribution < -0.4 is 10.4 Å². The summed E-state index contributed by atoms with van der Waals surface area (Å²) in [6.07, 6.45) is 0. The second-order valence-corrected chi connectivity index (χ2v) is 6.29. The van der Waals surface area contributed by atoms with Gasteiger partial charge in [-0.1, -0.05) is 0 Å². The fourth-order valence-electron chi connectivity index (χ4n) is 2.55. The Morgan fingerprint density at radius 3 is 2.68 bits per heavy atom. The van der Waals surface area contributed by atoms with Crippen molar-refractivity contribution in [2.75, 3.05) is 7.11 Å². The first-order chi connectivity index (χ1) is 12.1. The molecule has 0 amide bonds. The number of fused-ring (bicyclic) bond motifs is 1. The number of methoxy groups -OCH3 is 1. The second kappa shape index (κ2) is 6.07. The highest BCUT2D eigenvalue weighted by Crippen LogP contribution is 2.30. The van der Waals surface area contributed by atoms with Gasteiger partial charge in [-0.05, 0) is 48.5 Å². The fraction of sp³-hybridized carbons (Fsp3) is 0.0526. The van der Waals surface area contributed by atoms with E-state index in [1.165, 1.54) is 17.4 Å². The average Bonchev–Trinajstić information content (AvgIpc) is 3.11. The molecule has 2 heterocycles. The molecular formula is C19H13NO4S. The molecule has 0 spiro atoms. The first-order valence-electron chi connectivity index (χ1n) is 7.51. The van der Waals surface area contributed by atoms with Gasteiger partial charge in [0.1, 0.15) is 22.1 Å². The predicted molar refractivity (Wildman–Crippen MR) is 97.2 cm³/mol. The van der Waals surface area contributed by atoms with Gasteiger partial charge in [0.25, 0.3) is 0 Å². The van der Waals surface area contributed by atoms with Crippen LogP contribution in [0, 0.1) is 0 Å². The number of aromatic nitrogens is 1. The molecule has 0 saturated carbocycles. The highest BCUT2D eigenvalue weighted by molar-refractivity contribution is 7.13. The highest BCUT2D eigenvalue weighted by Gasteiger charge is 2.13. The summed E-state index contributed by atoms with van der Waals surface area (Å²) < 4.78 is 10.5. The van der Waals surface area contributed by atoms with Crippen molar-refractivity contribution in [2.24, 2.45) is 0 Å². The molecule has 0 fully saturated rings. The van der Waals surface area contributed by atoms with Crippen LogP contribution in [0.15, 0.2) is 63.1 Å². The van der Waals surface area contributed by atoms with Crippen molar-refractivity contribution in [3.63, 3.8) is 0 Å². The maximum Gasteiger partial charge on any atom is 0.346 e. The standard InChI is InChI=1S/C19H13NO4S/c1-23-14-5-2-11(3-6-14)16-10-25-18(20-16)15-9-12-8-13(21)4-7-17(12)24-19(15)22/h2-10,21H,1H3. The Balaban J connectivity index is 1.77. The van der Waals surface area contributed by atoms with Crippen molar-refractivity contribution in [1.82, 2.24) is 4.98 Å². The Morgan fingerprint density at radius 1 is 1.12 bits per heavy atom. The number of nitrogens with zero attached hydrogens (tertiary/aromatic N) is 1. The Kier molecular flexibility index (Phi) is 3.74. The van der Waals surface area contributed by atoms with Crippen LogP contribution in [-0.4, -0.2) is 17.2 Å². The van der Waals surface area contributed by atoms with Crippen LogP contribution in [0.2, 0.25) is 0 Å². The normalized spacial score (nSPS) is 10.9. The number of aromatic hydroxyl groups is 1. The van der Waals surface area contributed by atoms with Gasteiger partial charge in [0.05, 0.1) is 18.4 Å². The molecule has 4 rings (SSSR count). The third-order valence-electron chi connectivity index (χ3n) is 3.84. The zero-order valence-electron chi connectivity index (χ0n) is 13.2. The minimum Gasteiger partial charge on any atom is -0.508 e. The number of benzene rings is 2. The zero-order chi connectivity index (χ0) is 17.4. The lowest BCUT2D eigenvalue weighted by molar-refractivity contribution is 0.415. The SMILES string of the molecule is COc1ccc(-c2csc(-c3cc4cc(O)ccc4oc3=O)n2)cc1. The maximum absolute atomic E-state index is 12.3. The number of rotatable bonds is 3. The monoisotopic (exact) mass is 351 g/mol. The van der Waals surface area contributed by atoms with Crippen LogP contribution in [0.3, 0.4) is 0 Å². The topological polar surface area (TPSA) is 72.6 Å². The maximum atomic E-state index is 12.3. The van der Waals surface area contributed by atoms with Crippen molar-refractivity contribution < 1.29 is 14.3 Å². The number of ether oxygens (including phenoxy) is 1. The molecule has 0 radical (unpaired) electrons. The first-order valence-corrected chi connectivity index (χ1v) is 8.39. The molecule has 124 valence electrons. The lowest BCUT2D eigenvalue weighted by atomic mass is 10.1. The lowest BCUT2D eigenvalue weighted by Gasteiger charge is -2.01. The van der Waals surface area contributed by atoms with Crippen molar-refractivity contribution in [1.29, 1.82) is 0 Å². The molecular weight excluding hydrogens is 338 g/mol. The van der Waals surface area contributed by atoms with Gasteiger partial charge in [0.15, 0.2) is 0 Å². The molecule has 0 atom stereocenters. The Morgan fingerprint density at radius 2 is 1.92 bits per heavy atom. The van der Waals surface area contributed by atoms with E-state index in [9.17, 15) is 9.90 Å². The van der Waals surface area contributed by atoms with Crippen LogP contribution in [-0.2, 0) is 0 Å². The summed E-state index contributed by atoms with van der Waals surface area (Å²) in [5.74, 6) is 0.888. The highest BCUT2D eigenvalue weighted by atomic mass is 32.1. The van der Waals surface area contributed by atoms with Gasteiger partial charge in [-0.25, -0.2) is 9.78 Å². The van der Waals surface area contributed by atoms with Crippen LogP contribution >= 0.6 is 11.3 Å². The molecule has 0 aliphatic carbocycles. The summed E-state index contributed by atoms with van der Waals surface area (Å²) in [7, 11) is 1.62. The molecule has 0 bridgehead atoms. The van der Waals surface area contributed by atoms with Gasteiger partial charge in [-0.2, -0.15) is 0 Å². The minimum absolute atomic E-state index is 0.116. The van der Waals surface area contributed by atoms with Gasteiger partial charge in [-0.3, -0.25) is 0 Å². The third-order valence-corrected chi connectivity index (χ3v) is 4.71. The van der Waals surface area contributed by atoms with E-state index < -0.39 is 5.63 Å². The van der Waals surface area contributed by atoms with E-state index in [1.54, 1.807) is 25.3 Å². The third kappa shape index (κ3) is 2.88.